The molecular formula is C33H44N6O5. The molecule has 4 rings (SSSR count). The van der Waals surface area contributed by atoms with E-state index in [4.69, 9.17) is 0 Å². The number of carbonyl (C=O) groups is 1. The van der Waals surface area contributed by atoms with Gasteiger partial charge in [0, 0.05) is 32.6 Å². The summed E-state index contributed by atoms with van der Waals surface area (Å²) in [5.74, 6) is 0.111. The minimum Gasteiger partial charge on any atom is -0.343 e. The number of benzene rings is 2. The molecule has 0 bridgehead atoms. The average molecular weight is 605 g/mol. The van der Waals surface area contributed by atoms with Gasteiger partial charge in [0.2, 0.25) is 5.91 Å². The topological polar surface area (TPSA) is 142 Å². The molecule has 236 valence electrons. The number of carbonyl (C=O) groups excluding carboxylic acids is 1. The van der Waals surface area contributed by atoms with E-state index in [-0.39, 0.29) is 23.6 Å². The molecule has 44 heavy (non-hydrogen) atoms. The Bertz CT molecular complexity index is 1770. The predicted octanol–water partition coefficient (Wildman–Crippen LogP) is 3.34. The molecule has 0 saturated carbocycles. The number of hydrogen-bond acceptors (Lipinski definition) is 6. The fraction of sp³-hybridized carbons (Fsp3) is 0.485. The molecule has 1 amide bonds. The van der Waals surface area contributed by atoms with Crippen LogP contribution in [0.5, 0.6) is 0 Å². The van der Waals surface area contributed by atoms with E-state index in [9.17, 15) is 24.0 Å². The molecule has 11 nitrogen and oxygen atoms in total. The maximum atomic E-state index is 13.1. The Labute approximate surface area is 255 Å². The molecule has 0 radical (unpaired) electrons. The Morgan fingerprint density at radius 3 is 1.84 bits per heavy atom. The molecule has 2 aromatic carbocycles. The molecule has 2 aromatic heterocycles. The molecular weight excluding hydrogens is 560 g/mol. The first-order valence-electron chi connectivity index (χ1n) is 15.8. The Morgan fingerprint density at radius 1 is 0.682 bits per heavy atom. The van der Waals surface area contributed by atoms with Crippen molar-refractivity contribution in [3.8, 4) is 0 Å². The van der Waals surface area contributed by atoms with Crippen molar-refractivity contribution in [2.45, 2.75) is 77.8 Å². The Morgan fingerprint density at radius 2 is 1.23 bits per heavy atom. The minimum absolute atomic E-state index is 0.111. The Kier molecular flexibility index (Phi) is 12.3. The van der Waals surface area contributed by atoms with Crippen LogP contribution in [0.2, 0.25) is 0 Å². The number of fused-ring (bicyclic) bond motifs is 2. The van der Waals surface area contributed by atoms with Gasteiger partial charge in [0.15, 0.2) is 0 Å². The molecule has 0 aliphatic heterocycles. The number of H-pyrrole nitrogens is 2. The lowest BCUT2D eigenvalue weighted by Gasteiger charge is -2.23. The van der Waals surface area contributed by atoms with E-state index in [0.717, 1.165) is 45.1 Å². The lowest BCUT2D eigenvalue weighted by Crippen LogP contribution is -2.37. The van der Waals surface area contributed by atoms with Gasteiger partial charge in [-0.1, -0.05) is 50.5 Å². The fourth-order valence-corrected chi connectivity index (χ4v) is 5.49. The van der Waals surface area contributed by atoms with Crippen LogP contribution in [0.25, 0.3) is 21.8 Å². The normalized spacial score (nSPS) is 11.4. The van der Waals surface area contributed by atoms with Crippen molar-refractivity contribution < 1.29 is 4.79 Å². The summed E-state index contributed by atoms with van der Waals surface area (Å²) in [6.07, 6.45) is 7.42. The van der Waals surface area contributed by atoms with Crippen molar-refractivity contribution in [2.24, 2.45) is 0 Å². The van der Waals surface area contributed by atoms with Gasteiger partial charge in [0.05, 0.1) is 21.8 Å². The highest BCUT2D eigenvalue weighted by molar-refractivity contribution is 5.77. The SMILES string of the molecule is CCCCCCC(=O)N(CCCCNCCCn1c(=O)[nH]c2ccccc2c1=O)CCCn1c(=O)[nH]c2ccccc2c1=O. The van der Waals surface area contributed by atoms with E-state index >= 15 is 0 Å². The zero-order valence-corrected chi connectivity index (χ0v) is 25.6. The van der Waals surface area contributed by atoms with Gasteiger partial charge in [-0.15, -0.1) is 0 Å². The van der Waals surface area contributed by atoms with Crippen LogP contribution in [0.1, 0.15) is 64.7 Å². The van der Waals surface area contributed by atoms with Gasteiger partial charge in [0.1, 0.15) is 0 Å². The van der Waals surface area contributed by atoms with Crippen molar-refractivity contribution in [3.05, 3.63) is 90.2 Å². The van der Waals surface area contributed by atoms with Crippen molar-refractivity contribution in [1.29, 1.82) is 0 Å². The zero-order valence-electron chi connectivity index (χ0n) is 25.6. The fourth-order valence-electron chi connectivity index (χ4n) is 5.49. The maximum Gasteiger partial charge on any atom is 0.328 e. The van der Waals surface area contributed by atoms with Gasteiger partial charge < -0.3 is 20.2 Å². The molecule has 11 heteroatoms. The van der Waals surface area contributed by atoms with Gasteiger partial charge in [-0.3, -0.25) is 23.5 Å². The van der Waals surface area contributed by atoms with E-state index in [0.29, 0.717) is 67.2 Å². The van der Waals surface area contributed by atoms with Crippen LogP contribution in [0.3, 0.4) is 0 Å². The number of unbranched alkanes of at least 4 members (excludes halogenated alkanes) is 4. The van der Waals surface area contributed by atoms with Crippen LogP contribution >= 0.6 is 0 Å². The third-order valence-electron chi connectivity index (χ3n) is 7.95. The smallest absolute Gasteiger partial charge is 0.328 e. The van der Waals surface area contributed by atoms with E-state index in [1.54, 1.807) is 48.5 Å². The van der Waals surface area contributed by atoms with Crippen molar-refractivity contribution in [1.82, 2.24) is 29.3 Å². The highest BCUT2D eigenvalue weighted by Crippen LogP contribution is 2.08. The lowest BCUT2D eigenvalue weighted by atomic mass is 10.1. The summed E-state index contributed by atoms with van der Waals surface area (Å²) in [7, 11) is 0. The summed E-state index contributed by atoms with van der Waals surface area (Å²) in [6, 6.07) is 14.0. The van der Waals surface area contributed by atoms with Crippen molar-refractivity contribution >= 4 is 27.7 Å². The Hall–Kier alpha value is -4.25. The number of nitrogens with zero attached hydrogens (tertiary/aromatic N) is 3. The van der Waals surface area contributed by atoms with Gasteiger partial charge in [0.25, 0.3) is 11.1 Å². The largest absolute Gasteiger partial charge is 0.343 e. The Balaban J connectivity index is 1.23. The predicted molar refractivity (Wildman–Crippen MR) is 174 cm³/mol. The molecule has 0 atom stereocenters. The monoisotopic (exact) mass is 604 g/mol. The number of nitrogens with one attached hydrogen (secondary N) is 3. The number of para-hydroxylation sites is 2. The number of hydrogen-bond donors (Lipinski definition) is 3. The van der Waals surface area contributed by atoms with E-state index < -0.39 is 11.4 Å². The molecule has 3 N–H and O–H groups in total. The first-order valence-corrected chi connectivity index (χ1v) is 15.8. The van der Waals surface area contributed by atoms with Crippen LogP contribution in [0.15, 0.2) is 67.7 Å². The van der Waals surface area contributed by atoms with Gasteiger partial charge in [-0.2, -0.15) is 0 Å². The summed E-state index contributed by atoms with van der Waals surface area (Å²) in [4.78, 5) is 70.9. The summed E-state index contributed by atoms with van der Waals surface area (Å²) < 4.78 is 2.46. The molecule has 0 aliphatic carbocycles. The first-order chi connectivity index (χ1) is 21.4. The number of aromatic nitrogens is 4. The quantitative estimate of drug-likeness (QED) is 0.149. The standard InChI is InChI=1S/C33H44N6O5/c1-2-3-4-5-18-29(40)37(22-13-24-39-31(42)26-15-7-9-17-28(26)36-33(39)44)21-11-10-19-34-20-12-23-38-30(41)25-14-6-8-16-27(25)35-32(38)43/h6-9,14-17,34H,2-5,10-13,18-24H2,1H3,(H,35,43)(H,36,44). The van der Waals surface area contributed by atoms with Crippen molar-refractivity contribution in [3.63, 3.8) is 0 Å². The number of amides is 1. The van der Waals surface area contributed by atoms with Crippen LogP contribution < -0.4 is 27.8 Å². The first kappa shape index (κ1) is 32.7. The van der Waals surface area contributed by atoms with E-state index in [2.05, 4.69) is 22.2 Å². The van der Waals surface area contributed by atoms with Crippen LogP contribution in [-0.2, 0) is 17.9 Å². The molecule has 0 saturated heterocycles. The second kappa shape index (κ2) is 16.6. The highest BCUT2D eigenvalue weighted by atomic mass is 16.2. The number of rotatable bonds is 18. The molecule has 0 unspecified atom stereocenters. The summed E-state index contributed by atoms with van der Waals surface area (Å²) in [5.41, 5.74) is -0.369. The lowest BCUT2D eigenvalue weighted by molar-refractivity contribution is -0.131. The third kappa shape index (κ3) is 8.66. The van der Waals surface area contributed by atoms with Crippen LogP contribution in [0.4, 0.5) is 0 Å². The molecule has 2 heterocycles. The highest BCUT2D eigenvalue weighted by Gasteiger charge is 2.14. The summed E-state index contributed by atoms with van der Waals surface area (Å²) >= 11 is 0. The molecule has 4 aromatic rings. The summed E-state index contributed by atoms with van der Waals surface area (Å²) in [5, 5.41) is 4.34. The molecule has 0 fully saturated rings. The van der Waals surface area contributed by atoms with Crippen LogP contribution in [0, 0.1) is 0 Å². The average Bonchev–Trinajstić information content (AvgIpc) is 3.02. The van der Waals surface area contributed by atoms with Crippen LogP contribution in [-0.4, -0.2) is 56.1 Å². The van der Waals surface area contributed by atoms with Crippen molar-refractivity contribution in [2.75, 3.05) is 26.2 Å². The molecule has 0 spiro atoms. The minimum atomic E-state index is -0.438. The second-order valence-electron chi connectivity index (χ2n) is 11.2. The van der Waals surface area contributed by atoms with Gasteiger partial charge in [-0.05, 0) is 69.5 Å². The zero-order chi connectivity index (χ0) is 31.3. The van der Waals surface area contributed by atoms with Gasteiger partial charge >= 0.3 is 11.4 Å². The summed E-state index contributed by atoms with van der Waals surface area (Å²) in [6.45, 7) is 5.21. The third-order valence-corrected chi connectivity index (χ3v) is 7.95. The van der Waals surface area contributed by atoms with Gasteiger partial charge in [-0.25, -0.2) is 9.59 Å². The number of aromatic amines is 2. The van der Waals surface area contributed by atoms with E-state index in [1.165, 1.54) is 9.13 Å². The maximum absolute atomic E-state index is 13.1. The van der Waals surface area contributed by atoms with E-state index in [1.807, 2.05) is 4.90 Å². The second-order valence-corrected chi connectivity index (χ2v) is 11.2. The molecule has 0 aliphatic rings.